The van der Waals surface area contributed by atoms with Crippen molar-refractivity contribution < 1.29 is 9.47 Å². The average molecular weight is 255 g/mol. The van der Waals surface area contributed by atoms with Crippen LogP contribution in [-0.4, -0.2) is 37.5 Å². The number of nitrogens with one attached hydrogen (secondary N) is 1. The topological polar surface area (TPSA) is 30.5 Å². The Balaban J connectivity index is 1.66. The molecule has 2 fully saturated rings. The van der Waals surface area contributed by atoms with Crippen molar-refractivity contribution in [2.75, 3.05) is 19.7 Å². The van der Waals surface area contributed by atoms with Gasteiger partial charge < -0.3 is 14.8 Å². The summed E-state index contributed by atoms with van der Waals surface area (Å²) >= 11 is 0. The SMILES string of the molecule is CCC1CCC(OCC2CNCC(C)(C)O2)CC1. The third-order valence-corrected chi connectivity index (χ3v) is 4.30. The van der Waals surface area contributed by atoms with Gasteiger partial charge in [-0.1, -0.05) is 13.3 Å². The van der Waals surface area contributed by atoms with Gasteiger partial charge in [0.15, 0.2) is 0 Å². The fourth-order valence-corrected chi connectivity index (χ4v) is 3.11. The van der Waals surface area contributed by atoms with E-state index in [-0.39, 0.29) is 11.7 Å². The molecule has 3 heteroatoms. The van der Waals surface area contributed by atoms with E-state index in [9.17, 15) is 0 Å². The maximum atomic E-state index is 6.04. The van der Waals surface area contributed by atoms with Gasteiger partial charge in [-0.3, -0.25) is 0 Å². The average Bonchev–Trinajstić information content (AvgIpc) is 2.36. The molecular weight excluding hydrogens is 226 g/mol. The van der Waals surface area contributed by atoms with Crippen molar-refractivity contribution in [3.05, 3.63) is 0 Å². The van der Waals surface area contributed by atoms with E-state index in [1.54, 1.807) is 0 Å². The summed E-state index contributed by atoms with van der Waals surface area (Å²) in [6, 6.07) is 0. The van der Waals surface area contributed by atoms with Crippen LogP contribution in [0.3, 0.4) is 0 Å². The van der Waals surface area contributed by atoms with Crippen LogP contribution in [0.5, 0.6) is 0 Å². The lowest BCUT2D eigenvalue weighted by molar-refractivity contribution is -0.132. The van der Waals surface area contributed by atoms with Crippen LogP contribution in [0.2, 0.25) is 0 Å². The standard InChI is InChI=1S/C15H29NO2/c1-4-12-5-7-13(8-6-12)17-10-14-9-16-11-15(2,3)18-14/h12-14,16H,4-11H2,1-3H3. The molecule has 106 valence electrons. The molecule has 0 bridgehead atoms. The molecule has 3 nitrogen and oxygen atoms in total. The Morgan fingerprint density at radius 3 is 2.56 bits per heavy atom. The molecule has 2 rings (SSSR count). The van der Waals surface area contributed by atoms with Crippen molar-refractivity contribution in [2.24, 2.45) is 5.92 Å². The van der Waals surface area contributed by atoms with Crippen LogP contribution in [0, 0.1) is 5.92 Å². The molecule has 1 N–H and O–H groups in total. The number of morpholine rings is 1. The predicted molar refractivity (Wildman–Crippen MR) is 73.8 cm³/mol. The van der Waals surface area contributed by atoms with Gasteiger partial charge in [0, 0.05) is 13.1 Å². The molecule has 0 spiro atoms. The van der Waals surface area contributed by atoms with Gasteiger partial charge in [-0.05, 0) is 45.4 Å². The minimum atomic E-state index is -0.0495. The van der Waals surface area contributed by atoms with E-state index >= 15 is 0 Å². The first-order chi connectivity index (χ1) is 8.59. The second-order valence-corrected chi connectivity index (χ2v) is 6.51. The van der Waals surface area contributed by atoms with Gasteiger partial charge in [0.25, 0.3) is 0 Å². The Morgan fingerprint density at radius 1 is 1.22 bits per heavy atom. The van der Waals surface area contributed by atoms with Gasteiger partial charge in [0.2, 0.25) is 0 Å². The van der Waals surface area contributed by atoms with Gasteiger partial charge in [-0.2, -0.15) is 0 Å². The molecular formula is C15H29NO2. The minimum absolute atomic E-state index is 0.0495. The first-order valence-corrected chi connectivity index (χ1v) is 7.59. The lowest BCUT2D eigenvalue weighted by atomic mass is 9.86. The van der Waals surface area contributed by atoms with Crippen LogP contribution in [0.25, 0.3) is 0 Å². The Hall–Kier alpha value is -0.120. The summed E-state index contributed by atoms with van der Waals surface area (Å²) in [5.74, 6) is 0.941. The number of ether oxygens (including phenoxy) is 2. The third kappa shape index (κ3) is 4.22. The summed E-state index contributed by atoms with van der Waals surface area (Å²) in [7, 11) is 0. The number of hydrogen-bond acceptors (Lipinski definition) is 3. The summed E-state index contributed by atoms with van der Waals surface area (Å²) in [5.41, 5.74) is -0.0495. The van der Waals surface area contributed by atoms with Crippen LogP contribution in [0.15, 0.2) is 0 Å². The lowest BCUT2D eigenvalue weighted by Crippen LogP contribution is -2.52. The molecule has 0 aromatic carbocycles. The van der Waals surface area contributed by atoms with Crippen LogP contribution in [0.4, 0.5) is 0 Å². The third-order valence-electron chi connectivity index (χ3n) is 4.30. The molecule has 1 saturated carbocycles. The Kier molecular flexibility index (Phi) is 5.05. The Labute approximate surface area is 112 Å². The van der Waals surface area contributed by atoms with Crippen LogP contribution < -0.4 is 5.32 Å². The molecule has 0 radical (unpaired) electrons. The summed E-state index contributed by atoms with van der Waals surface area (Å²) in [4.78, 5) is 0. The zero-order valence-electron chi connectivity index (χ0n) is 12.2. The van der Waals surface area contributed by atoms with Crippen LogP contribution in [-0.2, 0) is 9.47 Å². The minimum Gasteiger partial charge on any atom is -0.375 e. The molecule has 0 aromatic rings. The molecule has 2 aliphatic rings. The molecule has 18 heavy (non-hydrogen) atoms. The predicted octanol–water partition coefficient (Wildman–Crippen LogP) is 2.74. The molecule has 1 saturated heterocycles. The highest BCUT2D eigenvalue weighted by atomic mass is 16.6. The fourth-order valence-electron chi connectivity index (χ4n) is 3.11. The highest BCUT2D eigenvalue weighted by molar-refractivity contribution is 4.81. The zero-order valence-corrected chi connectivity index (χ0v) is 12.2. The maximum Gasteiger partial charge on any atom is 0.0940 e. The van der Waals surface area contributed by atoms with E-state index in [4.69, 9.17) is 9.47 Å². The molecule has 1 atom stereocenters. The van der Waals surface area contributed by atoms with E-state index in [0.29, 0.717) is 6.10 Å². The second kappa shape index (κ2) is 6.36. The summed E-state index contributed by atoms with van der Waals surface area (Å²) in [5, 5.41) is 3.42. The van der Waals surface area contributed by atoms with Crippen molar-refractivity contribution in [1.82, 2.24) is 5.32 Å². The second-order valence-electron chi connectivity index (χ2n) is 6.51. The van der Waals surface area contributed by atoms with E-state index in [0.717, 1.165) is 25.6 Å². The first kappa shape index (κ1) is 14.3. The largest absolute Gasteiger partial charge is 0.375 e. The quantitative estimate of drug-likeness (QED) is 0.838. The van der Waals surface area contributed by atoms with Crippen LogP contribution >= 0.6 is 0 Å². The zero-order chi connectivity index (χ0) is 13.0. The van der Waals surface area contributed by atoms with Crippen molar-refractivity contribution in [1.29, 1.82) is 0 Å². The molecule has 1 heterocycles. The first-order valence-electron chi connectivity index (χ1n) is 7.59. The van der Waals surface area contributed by atoms with Gasteiger partial charge in [0.1, 0.15) is 0 Å². The summed E-state index contributed by atoms with van der Waals surface area (Å²) in [6.45, 7) is 9.18. The summed E-state index contributed by atoms with van der Waals surface area (Å²) in [6.07, 6.45) is 7.19. The van der Waals surface area contributed by atoms with Crippen molar-refractivity contribution in [3.8, 4) is 0 Å². The van der Waals surface area contributed by atoms with Crippen molar-refractivity contribution >= 4 is 0 Å². The van der Waals surface area contributed by atoms with Crippen molar-refractivity contribution in [3.63, 3.8) is 0 Å². The van der Waals surface area contributed by atoms with E-state index in [1.807, 2.05) is 0 Å². The lowest BCUT2D eigenvalue weighted by Gasteiger charge is -2.37. The number of rotatable bonds is 4. The monoisotopic (exact) mass is 255 g/mol. The van der Waals surface area contributed by atoms with Gasteiger partial charge in [-0.25, -0.2) is 0 Å². The molecule has 1 aliphatic carbocycles. The fraction of sp³-hybridized carbons (Fsp3) is 1.00. The molecule has 1 aliphatic heterocycles. The highest BCUT2D eigenvalue weighted by Crippen LogP contribution is 2.28. The maximum absolute atomic E-state index is 6.04. The summed E-state index contributed by atoms with van der Waals surface area (Å²) < 4.78 is 12.1. The highest BCUT2D eigenvalue weighted by Gasteiger charge is 2.29. The van der Waals surface area contributed by atoms with E-state index in [1.165, 1.54) is 32.1 Å². The van der Waals surface area contributed by atoms with Gasteiger partial charge in [0.05, 0.1) is 24.4 Å². The normalized spacial score (nSPS) is 36.5. The molecule has 0 amide bonds. The smallest absolute Gasteiger partial charge is 0.0940 e. The van der Waals surface area contributed by atoms with Crippen LogP contribution in [0.1, 0.15) is 52.9 Å². The Bertz CT molecular complexity index is 247. The van der Waals surface area contributed by atoms with Gasteiger partial charge >= 0.3 is 0 Å². The van der Waals surface area contributed by atoms with E-state index in [2.05, 4.69) is 26.1 Å². The van der Waals surface area contributed by atoms with Gasteiger partial charge in [-0.15, -0.1) is 0 Å². The van der Waals surface area contributed by atoms with Crippen molar-refractivity contribution in [2.45, 2.75) is 70.7 Å². The van der Waals surface area contributed by atoms with E-state index < -0.39 is 0 Å². The number of hydrogen-bond donors (Lipinski definition) is 1. The molecule has 0 aromatic heterocycles. The Morgan fingerprint density at radius 2 is 1.94 bits per heavy atom. The molecule has 1 unspecified atom stereocenters.